The van der Waals surface area contributed by atoms with Crippen LogP contribution in [0.4, 0.5) is 0 Å². The fraction of sp³-hybridized carbons (Fsp3) is 0.500. The van der Waals surface area contributed by atoms with Gasteiger partial charge < -0.3 is 5.11 Å². The summed E-state index contributed by atoms with van der Waals surface area (Å²) in [7, 11) is 0. The van der Waals surface area contributed by atoms with Gasteiger partial charge in [0.15, 0.2) is 0 Å². The molecule has 0 unspecified atom stereocenters. The molecule has 1 aromatic carbocycles. The molecule has 0 aromatic heterocycles. The molecule has 2 aliphatic carbocycles. The third-order valence-electron chi connectivity index (χ3n) is 3.65. The molecule has 2 aliphatic rings. The van der Waals surface area contributed by atoms with Gasteiger partial charge >= 0.3 is 0 Å². The van der Waals surface area contributed by atoms with E-state index in [2.05, 4.69) is 24.3 Å². The average molecular weight is 174 g/mol. The van der Waals surface area contributed by atoms with Crippen LogP contribution in [-0.2, 0) is 0 Å². The summed E-state index contributed by atoms with van der Waals surface area (Å²) in [4.78, 5) is 0. The van der Waals surface area contributed by atoms with E-state index < -0.39 is 0 Å². The highest BCUT2D eigenvalue weighted by atomic mass is 16.3. The Bertz CT molecular complexity index is 332. The van der Waals surface area contributed by atoms with E-state index in [-0.39, 0.29) is 6.10 Å². The average Bonchev–Trinajstić information content (AvgIpc) is 2.48. The number of aliphatic hydroxyl groups excluding tert-OH is 1. The number of hydrogen-bond acceptors (Lipinski definition) is 1. The Morgan fingerprint density at radius 1 is 1.08 bits per heavy atom. The Hall–Kier alpha value is -0.820. The standard InChI is InChI=1S/C12H14O/c13-12-6-5-8-7-11(12)10-4-2-1-3-9(8)10/h1-4,8,11-13H,5-7H2/t8-,11-,12+/m0/s1. The predicted octanol–water partition coefficient (Wildman–Crippen LogP) is 2.41. The van der Waals surface area contributed by atoms with Gasteiger partial charge in [0.2, 0.25) is 0 Å². The van der Waals surface area contributed by atoms with Crippen molar-refractivity contribution in [2.45, 2.75) is 37.2 Å². The van der Waals surface area contributed by atoms with E-state index in [0.717, 1.165) is 12.3 Å². The number of benzene rings is 1. The van der Waals surface area contributed by atoms with Crippen molar-refractivity contribution in [1.82, 2.24) is 0 Å². The van der Waals surface area contributed by atoms with Gasteiger partial charge in [0.05, 0.1) is 6.10 Å². The topological polar surface area (TPSA) is 20.2 Å². The molecular formula is C12H14O. The Kier molecular flexibility index (Phi) is 1.50. The van der Waals surface area contributed by atoms with E-state index >= 15 is 0 Å². The molecule has 1 saturated carbocycles. The first-order valence-corrected chi connectivity index (χ1v) is 5.13. The molecule has 1 N–H and O–H groups in total. The molecule has 0 radical (unpaired) electrons. The van der Waals surface area contributed by atoms with Crippen LogP contribution in [0.3, 0.4) is 0 Å². The molecule has 68 valence electrons. The summed E-state index contributed by atoms with van der Waals surface area (Å²) in [6, 6.07) is 8.63. The highest BCUT2D eigenvalue weighted by molar-refractivity contribution is 5.40. The van der Waals surface area contributed by atoms with Crippen molar-refractivity contribution in [2.24, 2.45) is 0 Å². The summed E-state index contributed by atoms with van der Waals surface area (Å²) in [6.45, 7) is 0. The first kappa shape index (κ1) is 7.57. The summed E-state index contributed by atoms with van der Waals surface area (Å²) in [5, 5.41) is 9.84. The molecule has 1 fully saturated rings. The van der Waals surface area contributed by atoms with Crippen LogP contribution in [-0.4, -0.2) is 11.2 Å². The summed E-state index contributed by atoms with van der Waals surface area (Å²) in [5.41, 5.74) is 2.92. The SMILES string of the molecule is O[C@@H]1CC[C@H]2C[C@H]1c1ccccc12. The summed E-state index contributed by atoms with van der Waals surface area (Å²) in [5.74, 6) is 1.18. The van der Waals surface area contributed by atoms with E-state index in [0.29, 0.717) is 5.92 Å². The van der Waals surface area contributed by atoms with Crippen molar-refractivity contribution >= 4 is 0 Å². The van der Waals surface area contributed by atoms with Gasteiger partial charge in [0.1, 0.15) is 0 Å². The minimum atomic E-state index is -0.0834. The van der Waals surface area contributed by atoms with Crippen LogP contribution in [0.15, 0.2) is 24.3 Å². The maximum atomic E-state index is 9.84. The minimum Gasteiger partial charge on any atom is -0.392 e. The van der Waals surface area contributed by atoms with Crippen molar-refractivity contribution in [3.8, 4) is 0 Å². The monoisotopic (exact) mass is 174 g/mol. The van der Waals surface area contributed by atoms with E-state index in [9.17, 15) is 5.11 Å². The molecule has 1 nitrogen and oxygen atoms in total. The largest absolute Gasteiger partial charge is 0.392 e. The second-order valence-electron chi connectivity index (χ2n) is 4.31. The van der Waals surface area contributed by atoms with Crippen molar-refractivity contribution in [3.05, 3.63) is 35.4 Å². The molecule has 0 saturated heterocycles. The fourth-order valence-electron chi connectivity index (χ4n) is 2.99. The van der Waals surface area contributed by atoms with Crippen molar-refractivity contribution in [2.75, 3.05) is 0 Å². The summed E-state index contributed by atoms with van der Waals surface area (Å²) < 4.78 is 0. The van der Waals surface area contributed by atoms with Gasteiger partial charge in [-0.25, -0.2) is 0 Å². The molecule has 0 aliphatic heterocycles. The number of aliphatic hydroxyl groups is 1. The van der Waals surface area contributed by atoms with Crippen LogP contribution < -0.4 is 0 Å². The quantitative estimate of drug-likeness (QED) is 0.640. The Balaban J connectivity index is 2.13. The first-order chi connectivity index (χ1) is 6.36. The third kappa shape index (κ3) is 0.969. The Labute approximate surface area is 78.4 Å². The highest BCUT2D eigenvalue weighted by Crippen LogP contribution is 2.50. The lowest BCUT2D eigenvalue weighted by molar-refractivity contribution is 0.108. The third-order valence-corrected chi connectivity index (χ3v) is 3.65. The molecule has 0 amide bonds. The van der Waals surface area contributed by atoms with Crippen LogP contribution in [0.25, 0.3) is 0 Å². The lowest BCUT2D eigenvalue weighted by Gasteiger charge is -2.24. The number of fused-ring (bicyclic) bond motifs is 5. The number of hydrogen-bond donors (Lipinski definition) is 1. The number of rotatable bonds is 0. The van der Waals surface area contributed by atoms with Gasteiger partial charge in [-0.2, -0.15) is 0 Å². The smallest absolute Gasteiger partial charge is 0.0609 e. The first-order valence-electron chi connectivity index (χ1n) is 5.13. The van der Waals surface area contributed by atoms with Gasteiger partial charge in [-0.05, 0) is 36.3 Å². The van der Waals surface area contributed by atoms with E-state index in [4.69, 9.17) is 0 Å². The molecule has 3 rings (SSSR count). The fourth-order valence-corrected chi connectivity index (χ4v) is 2.99. The molecule has 1 aromatic rings. The molecule has 0 spiro atoms. The predicted molar refractivity (Wildman–Crippen MR) is 51.8 cm³/mol. The molecule has 0 heterocycles. The van der Waals surface area contributed by atoms with Crippen LogP contribution >= 0.6 is 0 Å². The zero-order valence-corrected chi connectivity index (χ0v) is 7.61. The zero-order chi connectivity index (χ0) is 8.84. The van der Waals surface area contributed by atoms with Gasteiger partial charge in [-0.15, -0.1) is 0 Å². The second-order valence-corrected chi connectivity index (χ2v) is 4.31. The summed E-state index contributed by atoms with van der Waals surface area (Å²) >= 11 is 0. The van der Waals surface area contributed by atoms with Gasteiger partial charge in [0, 0.05) is 5.92 Å². The van der Waals surface area contributed by atoms with Crippen LogP contribution in [0.2, 0.25) is 0 Å². The summed E-state index contributed by atoms with van der Waals surface area (Å²) in [6.07, 6.45) is 3.26. The van der Waals surface area contributed by atoms with Gasteiger partial charge in [-0.1, -0.05) is 24.3 Å². The lowest BCUT2D eigenvalue weighted by Crippen LogP contribution is -2.20. The maximum absolute atomic E-state index is 9.84. The van der Waals surface area contributed by atoms with Crippen LogP contribution in [0.5, 0.6) is 0 Å². The van der Waals surface area contributed by atoms with E-state index in [1.54, 1.807) is 0 Å². The normalized spacial score (nSPS) is 35.9. The van der Waals surface area contributed by atoms with Crippen molar-refractivity contribution in [1.29, 1.82) is 0 Å². The van der Waals surface area contributed by atoms with Crippen molar-refractivity contribution < 1.29 is 5.11 Å². The molecule has 2 bridgehead atoms. The van der Waals surface area contributed by atoms with Gasteiger partial charge in [-0.3, -0.25) is 0 Å². The molecular weight excluding hydrogens is 160 g/mol. The molecule has 1 heteroatoms. The molecule has 13 heavy (non-hydrogen) atoms. The van der Waals surface area contributed by atoms with Crippen LogP contribution in [0, 0.1) is 0 Å². The van der Waals surface area contributed by atoms with E-state index in [1.807, 2.05) is 0 Å². The zero-order valence-electron chi connectivity index (χ0n) is 7.61. The van der Waals surface area contributed by atoms with Gasteiger partial charge in [0.25, 0.3) is 0 Å². The lowest BCUT2D eigenvalue weighted by atomic mass is 9.85. The van der Waals surface area contributed by atoms with E-state index in [1.165, 1.54) is 24.0 Å². The van der Waals surface area contributed by atoms with Crippen molar-refractivity contribution in [3.63, 3.8) is 0 Å². The second kappa shape index (κ2) is 2.58. The van der Waals surface area contributed by atoms with Crippen LogP contribution in [0.1, 0.15) is 42.2 Å². The Morgan fingerprint density at radius 3 is 2.69 bits per heavy atom. The highest BCUT2D eigenvalue weighted by Gasteiger charge is 2.38. The minimum absolute atomic E-state index is 0.0834. The molecule has 3 atom stereocenters. The Morgan fingerprint density at radius 2 is 1.85 bits per heavy atom. The maximum Gasteiger partial charge on any atom is 0.0609 e.